The van der Waals surface area contributed by atoms with Crippen LogP contribution in [-0.2, 0) is 0 Å². The summed E-state index contributed by atoms with van der Waals surface area (Å²) in [5.41, 5.74) is 7.63. The van der Waals surface area contributed by atoms with Crippen molar-refractivity contribution in [3.05, 3.63) is 42.0 Å². The van der Waals surface area contributed by atoms with Crippen LogP contribution in [0.1, 0.15) is 50.6 Å². The van der Waals surface area contributed by atoms with E-state index in [1.165, 1.54) is 36.6 Å². The third kappa shape index (κ3) is 3.31. The first-order valence-corrected chi connectivity index (χ1v) is 7.59. The Balaban J connectivity index is 2.21. The summed E-state index contributed by atoms with van der Waals surface area (Å²) in [5.74, 6) is 0.919. The Morgan fingerprint density at radius 1 is 1.00 bits per heavy atom. The van der Waals surface area contributed by atoms with E-state index in [9.17, 15) is 0 Å². The van der Waals surface area contributed by atoms with Crippen LogP contribution in [0.2, 0.25) is 0 Å². The summed E-state index contributed by atoms with van der Waals surface area (Å²) in [6.45, 7) is 2.23. The average molecular weight is 271 g/mol. The molecule has 0 aliphatic carbocycles. The second-order valence-electron chi connectivity index (χ2n) is 5.36. The van der Waals surface area contributed by atoms with Crippen LogP contribution >= 0.6 is 0 Å². The zero-order chi connectivity index (χ0) is 14.4. The van der Waals surface area contributed by atoms with Gasteiger partial charge in [-0.25, -0.2) is 0 Å². The van der Waals surface area contributed by atoms with Gasteiger partial charge in [0.05, 0.1) is 7.11 Å². The molecule has 0 heterocycles. The third-order valence-corrected chi connectivity index (χ3v) is 3.91. The summed E-state index contributed by atoms with van der Waals surface area (Å²) in [5, 5.41) is 2.37. The van der Waals surface area contributed by atoms with E-state index in [0.29, 0.717) is 0 Å². The molecule has 2 heteroatoms. The smallest absolute Gasteiger partial charge is 0.126 e. The fraction of sp³-hybridized carbons (Fsp3) is 0.444. The highest BCUT2D eigenvalue weighted by Gasteiger charge is 2.12. The molecule has 108 valence electrons. The fourth-order valence-corrected chi connectivity index (χ4v) is 2.74. The SMILES string of the molecule is CCCCCCC(N)c1ccc(OC)c2ccccc12. The molecular formula is C18H25NO. The third-order valence-electron chi connectivity index (χ3n) is 3.91. The first-order chi connectivity index (χ1) is 9.77. The fourth-order valence-electron chi connectivity index (χ4n) is 2.74. The van der Waals surface area contributed by atoms with Gasteiger partial charge in [-0.3, -0.25) is 0 Å². The van der Waals surface area contributed by atoms with Crippen molar-refractivity contribution in [1.82, 2.24) is 0 Å². The van der Waals surface area contributed by atoms with Gasteiger partial charge in [0.25, 0.3) is 0 Å². The first kappa shape index (κ1) is 14.9. The highest BCUT2D eigenvalue weighted by Crippen LogP contribution is 2.32. The maximum Gasteiger partial charge on any atom is 0.126 e. The van der Waals surface area contributed by atoms with E-state index < -0.39 is 0 Å². The molecule has 0 aliphatic heterocycles. The lowest BCUT2D eigenvalue weighted by Crippen LogP contribution is -2.10. The number of rotatable bonds is 7. The van der Waals surface area contributed by atoms with Crippen molar-refractivity contribution >= 4 is 10.8 Å². The number of ether oxygens (including phenoxy) is 1. The number of hydrogen-bond donors (Lipinski definition) is 1. The lowest BCUT2D eigenvalue weighted by Gasteiger charge is -2.16. The molecule has 1 unspecified atom stereocenters. The molecule has 1 atom stereocenters. The highest BCUT2D eigenvalue weighted by molar-refractivity contribution is 5.91. The van der Waals surface area contributed by atoms with Crippen molar-refractivity contribution in [2.24, 2.45) is 5.73 Å². The van der Waals surface area contributed by atoms with Gasteiger partial charge in [0.1, 0.15) is 5.75 Å². The van der Waals surface area contributed by atoms with E-state index in [1.807, 2.05) is 12.1 Å². The van der Waals surface area contributed by atoms with Crippen LogP contribution in [0.4, 0.5) is 0 Å². The number of nitrogens with two attached hydrogens (primary N) is 1. The van der Waals surface area contributed by atoms with Gasteiger partial charge in [-0.1, -0.05) is 62.9 Å². The molecule has 0 aromatic heterocycles. The zero-order valence-corrected chi connectivity index (χ0v) is 12.6. The van der Waals surface area contributed by atoms with Gasteiger partial charge in [-0.15, -0.1) is 0 Å². The summed E-state index contributed by atoms with van der Waals surface area (Å²) in [4.78, 5) is 0. The normalized spacial score (nSPS) is 12.6. The molecule has 2 aromatic rings. The standard InChI is InChI=1S/C18H25NO/c1-3-4-5-6-11-17(19)15-12-13-18(20-2)16-10-8-7-9-14(15)16/h7-10,12-13,17H,3-6,11,19H2,1-2H3. The molecule has 0 aliphatic rings. The van der Waals surface area contributed by atoms with Gasteiger partial charge in [-0.05, 0) is 23.4 Å². The number of methoxy groups -OCH3 is 1. The van der Waals surface area contributed by atoms with E-state index >= 15 is 0 Å². The Bertz CT molecular complexity index is 550. The molecular weight excluding hydrogens is 246 g/mol. The molecule has 0 amide bonds. The van der Waals surface area contributed by atoms with Crippen LogP contribution in [0.5, 0.6) is 5.75 Å². The number of hydrogen-bond acceptors (Lipinski definition) is 2. The molecule has 2 N–H and O–H groups in total. The number of benzene rings is 2. The minimum absolute atomic E-state index is 0.114. The Kier molecular flexibility index (Phi) is 5.42. The van der Waals surface area contributed by atoms with Crippen LogP contribution in [0.25, 0.3) is 10.8 Å². The summed E-state index contributed by atoms with van der Waals surface area (Å²) < 4.78 is 5.43. The van der Waals surface area contributed by atoms with Crippen LogP contribution in [0.3, 0.4) is 0 Å². The van der Waals surface area contributed by atoms with Gasteiger partial charge in [-0.2, -0.15) is 0 Å². The van der Waals surface area contributed by atoms with Gasteiger partial charge >= 0.3 is 0 Å². The lowest BCUT2D eigenvalue weighted by atomic mass is 9.95. The predicted octanol–water partition coefficient (Wildman–Crippen LogP) is 4.82. The molecule has 0 spiro atoms. The van der Waals surface area contributed by atoms with Gasteiger partial charge in [0, 0.05) is 11.4 Å². The molecule has 0 bridgehead atoms. The molecule has 0 fully saturated rings. The van der Waals surface area contributed by atoms with Crippen LogP contribution < -0.4 is 10.5 Å². The Labute approximate surface area is 121 Å². The van der Waals surface area contributed by atoms with Crippen molar-refractivity contribution in [2.75, 3.05) is 7.11 Å². The highest BCUT2D eigenvalue weighted by atomic mass is 16.5. The van der Waals surface area contributed by atoms with E-state index in [2.05, 4.69) is 31.2 Å². The topological polar surface area (TPSA) is 35.2 Å². The largest absolute Gasteiger partial charge is 0.496 e. The van der Waals surface area contributed by atoms with Crippen LogP contribution in [-0.4, -0.2) is 7.11 Å². The summed E-state index contributed by atoms with van der Waals surface area (Å²) >= 11 is 0. The van der Waals surface area contributed by atoms with E-state index in [1.54, 1.807) is 7.11 Å². The number of fused-ring (bicyclic) bond motifs is 1. The van der Waals surface area contributed by atoms with E-state index in [0.717, 1.165) is 17.6 Å². The van der Waals surface area contributed by atoms with Gasteiger partial charge in [0.15, 0.2) is 0 Å². The second-order valence-corrected chi connectivity index (χ2v) is 5.36. The van der Waals surface area contributed by atoms with E-state index in [-0.39, 0.29) is 6.04 Å². The molecule has 2 aromatic carbocycles. The van der Waals surface area contributed by atoms with Gasteiger partial charge in [0.2, 0.25) is 0 Å². The Morgan fingerprint density at radius 3 is 2.45 bits per heavy atom. The summed E-state index contributed by atoms with van der Waals surface area (Å²) in [7, 11) is 1.71. The lowest BCUT2D eigenvalue weighted by molar-refractivity contribution is 0.419. The summed E-state index contributed by atoms with van der Waals surface area (Å²) in [6.07, 6.45) is 6.10. The average Bonchev–Trinajstić information content (AvgIpc) is 2.50. The molecule has 2 nitrogen and oxygen atoms in total. The van der Waals surface area contributed by atoms with Crippen molar-refractivity contribution in [1.29, 1.82) is 0 Å². The van der Waals surface area contributed by atoms with Crippen molar-refractivity contribution in [2.45, 2.75) is 45.1 Å². The maximum atomic E-state index is 6.39. The van der Waals surface area contributed by atoms with Gasteiger partial charge < -0.3 is 10.5 Å². The van der Waals surface area contributed by atoms with Crippen LogP contribution in [0, 0.1) is 0 Å². The molecule has 0 saturated carbocycles. The van der Waals surface area contributed by atoms with Crippen molar-refractivity contribution < 1.29 is 4.74 Å². The first-order valence-electron chi connectivity index (χ1n) is 7.59. The quantitative estimate of drug-likeness (QED) is 0.733. The minimum atomic E-state index is 0.114. The van der Waals surface area contributed by atoms with E-state index in [4.69, 9.17) is 10.5 Å². The minimum Gasteiger partial charge on any atom is -0.496 e. The zero-order valence-electron chi connectivity index (χ0n) is 12.6. The van der Waals surface area contributed by atoms with Crippen LogP contribution in [0.15, 0.2) is 36.4 Å². The van der Waals surface area contributed by atoms with Crippen molar-refractivity contribution in [3.8, 4) is 5.75 Å². The Hall–Kier alpha value is -1.54. The predicted molar refractivity (Wildman–Crippen MR) is 86.2 cm³/mol. The summed E-state index contributed by atoms with van der Waals surface area (Å²) in [6, 6.07) is 12.6. The molecule has 0 saturated heterocycles. The molecule has 20 heavy (non-hydrogen) atoms. The second kappa shape index (κ2) is 7.30. The molecule has 2 rings (SSSR count). The maximum absolute atomic E-state index is 6.39. The molecule has 0 radical (unpaired) electrons. The Morgan fingerprint density at radius 2 is 1.75 bits per heavy atom. The monoisotopic (exact) mass is 271 g/mol. The van der Waals surface area contributed by atoms with Crippen molar-refractivity contribution in [3.63, 3.8) is 0 Å². The number of unbranched alkanes of at least 4 members (excludes halogenated alkanes) is 3.